The minimum absolute atomic E-state index is 0.0496. The number of thioether (sulfide) groups is 1. The van der Waals surface area contributed by atoms with Crippen molar-refractivity contribution in [3.8, 4) is 11.5 Å². The SMILES string of the molecule is COc1ccc(OC)c(CC(=O)N[C@H](C(=O)N/C(=C/C(=O)O)C(=O)CSCC2CCCN(C)C2)C(C)C)c1. The Bertz CT molecular complexity index is 1030. The van der Waals surface area contributed by atoms with Gasteiger partial charge in [-0.2, -0.15) is 11.8 Å². The van der Waals surface area contributed by atoms with Gasteiger partial charge >= 0.3 is 5.97 Å². The van der Waals surface area contributed by atoms with E-state index in [4.69, 9.17) is 9.47 Å². The second kappa shape index (κ2) is 15.4. The Labute approximate surface area is 228 Å². The molecule has 38 heavy (non-hydrogen) atoms. The van der Waals surface area contributed by atoms with Crippen molar-refractivity contribution in [2.24, 2.45) is 11.8 Å². The van der Waals surface area contributed by atoms with Crippen molar-refractivity contribution in [1.82, 2.24) is 15.5 Å². The molecule has 2 amide bonds. The highest BCUT2D eigenvalue weighted by Gasteiger charge is 2.27. The molecule has 1 aliphatic rings. The van der Waals surface area contributed by atoms with E-state index >= 15 is 0 Å². The first-order valence-electron chi connectivity index (χ1n) is 12.6. The van der Waals surface area contributed by atoms with Crippen LogP contribution in [0, 0.1) is 11.8 Å². The highest BCUT2D eigenvalue weighted by Crippen LogP contribution is 2.24. The molecule has 0 saturated carbocycles. The highest BCUT2D eigenvalue weighted by molar-refractivity contribution is 7.99. The monoisotopic (exact) mass is 549 g/mol. The largest absolute Gasteiger partial charge is 0.497 e. The van der Waals surface area contributed by atoms with Crippen LogP contribution in [0.15, 0.2) is 30.0 Å². The van der Waals surface area contributed by atoms with E-state index in [1.807, 2.05) is 0 Å². The average Bonchev–Trinajstić information content (AvgIpc) is 2.86. The number of Topliss-reactive ketones (excluding diaryl/α,β-unsaturated/α-hetero) is 1. The summed E-state index contributed by atoms with van der Waals surface area (Å²) in [6.07, 6.45) is 2.84. The maximum atomic E-state index is 13.1. The number of likely N-dealkylation sites (tertiary alicyclic amines) is 1. The number of carboxylic acid groups (broad SMARTS) is 1. The minimum Gasteiger partial charge on any atom is -0.497 e. The molecule has 3 N–H and O–H groups in total. The van der Waals surface area contributed by atoms with Gasteiger partial charge in [0.05, 0.1) is 38.2 Å². The van der Waals surface area contributed by atoms with Crippen molar-refractivity contribution in [3.05, 3.63) is 35.5 Å². The van der Waals surface area contributed by atoms with Gasteiger partial charge in [0, 0.05) is 12.1 Å². The van der Waals surface area contributed by atoms with Crippen LogP contribution < -0.4 is 20.1 Å². The fraction of sp³-hybridized carbons (Fsp3) is 0.556. The molecule has 1 fully saturated rings. The van der Waals surface area contributed by atoms with E-state index in [1.165, 1.54) is 26.0 Å². The number of aliphatic carboxylic acids is 1. The molecule has 1 aromatic rings. The number of nitrogens with zero attached hydrogens (tertiary/aromatic N) is 1. The summed E-state index contributed by atoms with van der Waals surface area (Å²) in [5.41, 5.74) is 0.278. The Hall–Kier alpha value is -3.05. The standard InChI is InChI=1S/C27H39N3O7S/c1-17(2)26(29-24(32)12-19-11-20(36-4)8-9-23(19)37-5)27(35)28-21(13-25(33)34)22(31)16-38-15-18-7-6-10-30(3)14-18/h8-9,11,13,17-18,26H,6-7,10,12,14-16H2,1-5H3,(H,28,35)(H,29,32)(H,33,34)/b21-13+/t18?,26-/m0/s1. The number of rotatable bonds is 14. The van der Waals surface area contributed by atoms with Gasteiger partial charge in [-0.25, -0.2) is 4.79 Å². The molecule has 210 valence electrons. The van der Waals surface area contributed by atoms with Crippen molar-refractivity contribution in [3.63, 3.8) is 0 Å². The predicted molar refractivity (Wildman–Crippen MR) is 146 cm³/mol. The number of carbonyl (C=O) groups excluding carboxylic acids is 3. The topological polar surface area (TPSA) is 134 Å². The Morgan fingerprint density at radius 3 is 2.55 bits per heavy atom. The number of amides is 2. The summed E-state index contributed by atoms with van der Waals surface area (Å²) in [6.45, 7) is 5.53. The van der Waals surface area contributed by atoms with Crippen LogP contribution in [-0.2, 0) is 25.6 Å². The summed E-state index contributed by atoms with van der Waals surface area (Å²) in [5, 5.41) is 14.4. The van der Waals surface area contributed by atoms with Crippen LogP contribution in [0.1, 0.15) is 32.3 Å². The molecule has 1 aliphatic heterocycles. The zero-order valence-corrected chi connectivity index (χ0v) is 23.6. The van der Waals surface area contributed by atoms with Gasteiger partial charge in [0.1, 0.15) is 17.5 Å². The lowest BCUT2D eigenvalue weighted by Crippen LogP contribution is -2.50. The van der Waals surface area contributed by atoms with E-state index in [1.54, 1.807) is 32.0 Å². The molecule has 11 heteroatoms. The second-order valence-corrected chi connectivity index (χ2v) is 10.8. The van der Waals surface area contributed by atoms with E-state index in [-0.39, 0.29) is 23.8 Å². The summed E-state index contributed by atoms with van der Waals surface area (Å²) < 4.78 is 10.5. The Morgan fingerprint density at radius 2 is 1.95 bits per heavy atom. The molecule has 1 saturated heterocycles. The van der Waals surface area contributed by atoms with Crippen LogP contribution >= 0.6 is 11.8 Å². The van der Waals surface area contributed by atoms with Gasteiger partial charge in [-0.15, -0.1) is 0 Å². The third-order valence-electron chi connectivity index (χ3n) is 6.24. The number of benzene rings is 1. The van der Waals surface area contributed by atoms with Crippen LogP contribution in [0.3, 0.4) is 0 Å². The molecule has 2 rings (SSSR count). The van der Waals surface area contributed by atoms with Gasteiger partial charge in [0.15, 0.2) is 5.78 Å². The normalized spacial score (nSPS) is 17.0. The Kier molecular flexibility index (Phi) is 12.6. The molecule has 0 radical (unpaired) electrons. The smallest absolute Gasteiger partial charge is 0.330 e. The summed E-state index contributed by atoms with van der Waals surface area (Å²) in [4.78, 5) is 52.4. The van der Waals surface area contributed by atoms with Crippen molar-refractivity contribution >= 4 is 35.3 Å². The number of carbonyl (C=O) groups is 4. The number of hydrogen-bond acceptors (Lipinski definition) is 8. The third kappa shape index (κ3) is 10.0. The first-order chi connectivity index (χ1) is 18.0. The first-order valence-corrected chi connectivity index (χ1v) is 13.7. The summed E-state index contributed by atoms with van der Waals surface area (Å²) in [5.74, 6) is -0.895. The lowest BCUT2D eigenvalue weighted by Gasteiger charge is -2.29. The van der Waals surface area contributed by atoms with Gasteiger partial charge in [-0.3, -0.25) is 14.4 Å². The van der Waals surface area contributed by atoms with Gasteiger partial charge in [0.2, 0.25) is 11.8 Å². The molecule has 1 unspecified atom stereocenters. The van der Waals surface area contributed by atoms with Gasteiger partial charge in [-0.05, 0) is 62.2 Å². The number of piperidine rings is 1. The zero-order valence-electron chi connectivity index (χ0n) is 22.7. The summed E-state index contributed by atoms with van der Waals surface area (Å²) in [6, 6.07) is 4.09. The van der Waals surface area contributed by atoms with Crippen molar-refractivity contribution in [2.75, 3.05) is 45.9 Å². The lowest BCUT2D eigenvalue weighted by molar-refractivity contribution is -0.132. The van der Waals surface area contributed by atoms with Gasteiger partial charge in [-0.1, -0.05) is 13.8 Å². The molecule has 2 atom stereocenters. The lowest BCUT2D eigenvalue weighted by atomic mass is 10.0. The average molecular weight is 550 g/mol. The molecule has 10 nitrogen and oxygen atoms in total. The summed E-state index contributed by atoms with van der Waals surface area (Å²) >= 11 is 1.43. The van der Waals surface area contributed by atoms with E-state index < -0.39 is 29.6 Å². The maximum Gasteiger partial charge on any atom is 0.330 e. The predicted octanol–water partition coefficient (Wildman–Crippen LogP) is 2.12. The zero-order chi connectivity index (χ0) is 28.2. The second-order valence-electron chi connectivity index (χ2n) is 9.74. The molecule has 0 aliphatic carbocycles. The quantitative estimate of drug-likeness (QED) is 0.298. The van der Waals surface area contributed by atoms with Crippen LogP contribution in [0.4, 0.5) is 0 Å². The highest BCUT2D eigenvalue weighted by atomic mass is 32.2. The van der Waals surface area contributed by atoms with Gasteiger partial charge in [0.25, 0.3) is 0 Å². The van der Waals surface area contributed by atoms with Crippen molar-refractivity contribution in [1.29, 1.82) is 0 Å². The molecule has 1 heterocycles. The van der Waals surface area contributed by atoms with E-state index in [2.05, 4.69) is 22.6 Å². The van der Waals surface area contributed by atoms with E-state index in [9.17, 15) is 24.3 Å². The number of methoxy groups -OCH3 is 2. The number of allylic oxidation sites excluding steroid dienone is 1. The molecule has 0 spiro atoms. The number of nitrogens with one attached hydrogen (secondary N) is 2. The molecular formula is C27H39N3O7S. The number of ketones is 1. The van der Waals surface area contributed by atoms with Gasteiger partial charge < -0.3 is 30.1 Å². The fourth-order valence-corrected chi connectivity index (χ4v) is 5.34. The van der Waals surface area contributed by atoms with Crippen LogP contribution in [0.25, 0.3) is 0 Å². The first kappa shape index (κ1) is 31.2. The van der Waals surface area contributed by atoms with Crippen LogP contribution in [0.5, 0.6) is 11.5 Å². The fourth-order valence-electron chi connectivity index (χ4n) is 4.28. The van der Waals surface area contributed by atoms with Crippen molar-refractivity contribution < 1.29 is 33.8 Å². The van der Waals surface area contributed by atoms with Crippen LogP contribution in [0.2, 0.25) is 0 Å². The maximum absolute atomic E-state index is 13.1. The molecule has 0 bridgehead atoms. The molecule has 0 aromatic heterocycles. The summed E-state index contributed by atoms with van der Waals surface area (Å²) in [7, 11) is 5.08. The number of ether oxygens (including phenoxy) is 2. The van der Waals surface area contributed by atoms with E-state index in [0.29, 0.717) is 29.1 Å². The Balaban J connectivity index is 2.03. The third-order valence-corrected chi connectivity index (χ3v) is 7.41. The Morgan fingerprint density at radius 1 is 1.21 bits per heavy atom. The number of carboxylic acids is 1. The minimum atomic E-state index is -1.34. The number of hydrogen-bond donors (Lipinski definition) is 3. The van der Waals surface area contributed by atoms with Crippen molar-refractivity contribution in [2.45, 2.75) is 39.2 Å². The molecule has 1 aromatic carbocycles. The van der Waals surface area contributed by atoms with Crippen LogP contribution in [-0.4, -0.2) is 85.5 Å². The van der Waals surface area contributed by atoms with E-state index in [0.717, 1.165) is 31.7 Å². The molecular weight excluding hydrogens is 510 g/mol.